The second kappa shape index (κ2) is 5.14. The molecule has 2 aromatic heterocycles. The van der Waals surface area contributed by atoms with E-state index in [1.54, 1.807) is 24.6 Å². The maximum Gasteiger partial charge on any atom is 0.214 e. The van der Waals surface area contributed by atoms with E-state index in [1.807, 2.05) is 19.1 Å². The Morgan fingerprint density at radius 2 is 2.29 bits per heavy atom. The largest absolute Gasteiger partial charge is 0.481 e. The van der Waals surface area contributed by atoms with Crippen LogP contribution >= 0.6 is 11.3 Å². The molecule has 0 bridgehead atoms. The van der Waals surface area contributed by atoms with Crippen LogP contribution < -0.4 is 10.1 Å². The Labute approximate surface area is 105 Å². The second-order valence-electron chi connectivity index (χ2n) is 3.78. The number of hydrogen-bond acceptors (Lipinski definition) is 5. The van der Waals surface area contributed by atoms with E-state index in [9.17, 15) is 0 Å². The van der Waals surface area contributed by atoms with Gasteiger partial charge in [0.15, 0.2) is 0 Å². The Hall–Kier alpha value is -1.62. The molecule has 17 heavy (non-hydrogen) atoms. The molecule has 4 nitrogen and oxygen atoms in total. The predicted molar refractivity (Wildman–Crippen MR) is 69.7 cm³/mol. The summed E-state index contributed by atoms with van der Waals surface area (Å²) >= 11 is 1.67. The molecule has 0 aliphatic heterocycles. The third-order valence-electron chi connectivity index (χ3n) is 2.33. The van der Waals surface area contributed by atoms with Crippen LogP contribution in [0.3, 0.4) is 0 Å². The Bertz CT molecular complexity index is 498. The van der Waals surface area contributed by atoms with Crippen molar-refractivity contribution in [1.82, 2.24) is 9.97 Å². The van der Waals surface area contributed by atoms with Gasteiger partial charge in [0.25, 0.3) is 0 Å². The molecule has 0 aliphatic rings. The molecular formula is C12H15N3OS. The van der Waals surface area contributed by atoms with Gasteiger partial charge in [-0.15, -0.1) is 11.3 Å². The van der Waals surface area contributed by atoms with Crippen molar-refractivity contribution in [1.29, 1.82) is 0 Å². The third kappa shape index (κ3) is 2.94. The number of aromatic nitrogens is 2. The molecule has 0 aromatic carbocycles. The summed E-state index contributed by atoms with van der Waals surface area (Å²) in [4.78, 5) is 8.53. The highest BCUT2D eigenvalue weighted by molar-refractivity contribution is 7.09. The van der Waals surface area contributed by atoms with E-state index in [-0.39, 0.29) is 6.04 Å². The maximum atomic E-state index is 5.08. The molecule has 2 heterocycles. The molecule has 1 N–H and O–H groups in total. The van der Waals surface area contributed by atoms with Gasteiger partial charge in [-0.3, -0.25) is 0 Å². The minimum atomic E-state index is 0.181. The molecule has 5 heteroatoms. The van der Waals surface area contributed by atoms with Crippen LogP contribution in [0.2, 0.25) is 0 Å². The summed E-state index contributed by atoms with van der Waals surface area (Å²) in [5.41, 5.74) is 2.04. The lowest BCUT2D eigenvalue weighted by atomic mass is 10.3. The van der Waals surface area contributed by atoms with Gasteiger partial charge in [0.05, 0.1) is 13.2 Å². The van der Waals surface area contributed by atoms with E-state index in [1.165, 1.54) is 0 Å². The molecule has 0 fully saturated rings. The fourth-order valence-electron chi connectivity index (χ4n) is 1.49. The molecule has 0 spiro atoms. The number of nitrogens with one attached hydrogen (secondary N) is 1. The average Bonchev–Trinajstić information content (AvgIpc) is 2.76. The smallest absolute Gasteiger partial charge is 0.214 e. The zero-order valence-corrected chi connectivity index (χ0v) is 10.9. The van der Waals surface area contributed by atoms with Gasteiger partial charge in [-0.1, -0.05) is 0 Å². The van der Waals surface area contributed by atoms with E-state index in [0.717, 1.165) is 16.4 Å². The summed E-state index contributed by atoms with van der Waals surface area (Å²) in [5.74, 6) is 0.609. The van der Waals surface area contributed by atoms with Gasteiger partial charge < -0.3 is 10.1 Å². The number of ether oxygens (including phenoxy) is 1. The van der Waals surface area contributed by atoms with Gasteiger partial charge in [-0.2, -0.15) is 0 Å². The van der Waals surface area contributed by atoms with Gasteiger partial charge in [-0.25, -0.2) is 9.97 Å². The summed E-state index contributed by atoms with van der Waals surface area (Å²) in [5, 5.41) is 6.51. The first-order valence-electron chi connectivity index (χ1n) is 5.37. The molecule has 0 saturated carbocycles. The Morgan fingerprint density at radius 1 is 1.47 bits per heavy atom. The Balaban J connectivity index is 2.09. The van der Waals surface area contributed by atoms with Gasteiger partial charge in [0.2, 0.25) is 5.88 Å². The van der Waals surface area contributed by atoms with E-state index in [2.05, 4.69) is 27.6 Å². The summed E-state index contributed by atoms with van der Waals surface area (Å²) in [7, 11) is 1.61. The number of methoxy groups -OCH3 is 1. The lowest BCUT2D eigenvalue weighted by molar-refractivity contribution is 0.398. The number of anilines is 1. The van der Waals surface area contributed by atoms with Crippen LogP contribution in [0.15, 0.2) is 23.7 Å². The van der Waals surface area contributed by atoms with Gasteiger partial charge >= 0.3 is 0 Å². The number of nitrogens with zero attached hydrogens (tertiary/aromatic N) is 2. The summed E-state index contributed by atoms with van der Waals surface area (Å²) in [6.07, 6.45) is 1.72. The number of aryl methyl sites for hydroxylation is 1. The van der Waals surface area contributed by atoms with Gasteiger partial charge in [0, 0.05) is 29.0 Å². The van der Waals surface area contributed by atoms with Gasteiger partial charge in [0.1, 0.15) is 5.01 Å². The van der Waals surface area contributed by atoms with Crippen LogP contribution in [0.5, 0.6) is 5.88 Å². The van der Waals surface area contributed by atoms with Crippen molar-refractivity contribution >= 4 is 17.0 Å². The lowest BCUT2D eigenvalue weighted by Crippen LogP contribution is -2.06. The first-order chi connectivity index (χ1) is 8.19. The molecule has 0 aliphatic carbocycles. The van der Waals surface area contributed by atoms with Crippen molar-refractivity contribution in [2.24, 2.45) is 0 Å². The number of thiazole rings is 1. The Kier molecular flexibility index (Phi) is 3.58. The van der Waals surface area contributed by atoms with E-state index in [4.69, 9.17) is 4.74 Å². The van der Waals surface area contributed by atoms with Crippen molar-refractivity contribution in [3.8, 4) is 5.88 Å². The first kappa shape index (κ1) is 11.9. The van der Waals surface area contributed by atoms with Crippen molar-refractivity contribution < 1.29 is 4.74 Å². The molecule has 0 radical (unpaired) electrons. The SMILES string of the molecule is COc1cc(NC(C)c2nc(C)cs2)ccn1. The normalized spacial score (nSPS) is 12.2. The standard InChI is InChI=1S/C12H15N3OS/c1-8-7-17-12(14-8)9(2)15-10-4-5-13-11(6-10)16-3/h4-7,9H,1-3H3,(H,13,15). The molecule has 1 unspecified atom stereocenters. The molecule has 2 rings (SSSR count). The van der Waals surface area contributed by atoms with E-state index < -0.39 is 0 Å². The molecule has 1 atom stereocenters. The predicted octanol–water partition coefficient (Wildman–Crippen LogP) is 3.03. The van der Waals surface area contributed by atoms with Gasteiger partial charge in [-0.05, 0) is 19.9 Å². The highest BCUT2D eigenvalue weighted by atomic mass is 32.1. The molecule has 90 valence electrons. The molecular weight excluding hydrogens is 234 g/mol. The maximum absolute atomic E-state index is 5.08. The minimum Gasteiger partial charge on any atom is -0.481 e. The van der Waals surface area contributed by atoms with Crippen LogP contribution in [0.25, 0.3) is 0 Å². The highest BCUT2D eigenvalue weighted by Gasteiger charge is 2.09. The molecule has 2 aromatic rings. The van der Waals surface area contributed by atoms with Crippen molar-refractivity contribution in [2.45, 2.75) is 19.9 Å². The fourth-order valence-corrected chi connectivity index (χ4v) is 2.30. The Morgan fingerprint density at radius 3 is 2.94 bits per heavy atom. The molecule has 0 saturated heterocycles. The fraction of sp³-hybridized carbons (Fsp3) is 0.333. The second-order valence-corrected chi connectivity index (χ2v) is 4.67. The zero-order chi connectivity index (χ0) is 12.3. The van der Waals surface area contributed by atoms with Crippen LogP contribution in [-0.2, 0) is 0 Å². The van der Waals surface area contributed by atoms with Crippen LogP contribution in [0.1, 0.15) is 23.7 Å². The van der Waals surface area contributed by atoms with Crippen LogP contribution in [-0.4, -0.2) is 17.1 Å². The zero-order valence-electron chi connectivity index (χ0n) is 10.1. The number of rotatable bonds is 4. The quantitative estimate of drug-likeness (QED) is 0.904. The summed E-state index contributed by atoms with van der Waals surface area (Å²) in [6, 6.07) is 3.97. The van der Waals surface area contributed by atoms with Crippen molar-refractivity contribution in [2.75, 3.05) is 12.4 Å². The van der Waals surface area contributed by atoms with Crippen molar-refractivity contribution in [3.05, 3.63) is 34.4 Å². The summed E-state index contributed by atoms with van der Waals surface area (Å²) in [6.45, 7) is 4.09. The van der Waals surface area contributed by atoms with E-state index in [0.29, 0.717) is 5.88 Å². The van der Waals surface area contributed by atoms with E-state index >= 15 is 0 Å². The van der Waals surface area contributed by atoms with Crippen LogP contribution in [0.4, 0.5) is 5.69 Å². The summed E-state index contributed by atoms with van der Waals surface area (Å²) < 4.78 is 5.08. The number of hydrogen-bond donors (Lipinski definition) is 1. The number of pyridine rings is 1. The minimum absolute atomic E-state index is 0.181. The lowest BCUT2D eigenvalue weighted by Gasteiger charge is -2.12. The van der Waals surface area contributed by atoms with Crippen molar-refractivity contribution in [3.63, 3.8) is 0 Å². The molecule has 0 amide bonds. The highest BCUT2D eigenvalue weighted by Crippen LogP contribution is 2.23. The third-order valence-corrected chi connectivity index (χ3v) is 3.48. The first-order valence-corrected chi connectivity index (χ1v) is 6.25. The van der Waals surface area contributed by atoms with Crippen LogP contribution in [0, 0.1) is 6.92 Å². The topological polar surface area (TPSA) is 47.0 Å². The average molecular weight is 249 g/mol. The monoisotopic (exact) mass is 249 g/mol.